The second-order valence-electron chi connectivity index (χ2n) is 17.9. The van der Waals surface area contributed by atoms with Gasteiger partial charge < -0.3 is 24.9 Å². The molecule has 5 nitrogen and oxygen atoms in total. The van der Waals surface area contributed by atoms with Gasteiger partial charge in [0.1, 0.15) is 18.1 Å². The summed E-state index contributed by atoms with van der Waals surface area (Å²) in [7, 11) is 0. The molecule has 2 rings (SSSR count). The first kappa shape index (κ1) is 40.2. The molecule has 2 aliphatic carbocycles. The number of hydrogen-bond donors (Lipinski definition) is 3. The number of aliphatic hydroxyl groups excluding tert-OH is 3. The lowest BCUT2D eigenvalue weighted by atomic mass is 9.61. The molecular weight excluding hydrogens is 601 g/mol. The molecule has 0 saturated heterocycles. The summed E-state index contributed by atoms with van der Waals surface area (Å²) >= 11 is 3.75. The number of aldehydes is 1. The topological polar surface area (TPSA) is 87.0 Å². The Morgan fingerprint density at radius 1 is 0.911 bits per heavy atom. The molecule has 0 saturated carbocycles. The maximum absolute atomic E-state index is 11.6. The Bertz CT molecular complexity index is 1180. The predicted octanol–water partition coefficient (Wildman–Crippen LogP) is 10.4. The number of carbonyl (C=O) groups excluding carboxylic acids is 1. The number of aliphatic hydroxyl groups is 3. The fourth-order valence-corrected chi connectivity index (χ4v) is 8.92. The average molecular weight is 665 g/mol. The van der Waals surface area contributed by atoms with Gasteiger partial charge in [0.15, 0.2) is 6.29 Å². The van der Waals surface area contributed by atoms with Crippen LogP contribution in [-0.2, 0) is 9.53 Å². The Balaban J connectivity index is 2.44. The highest BCUT2D eigenvalue weighted by atomic mass is 32.2. The Labute approximate surface area is 283 Å². The van der Waals surface area contributed by atoms with E-state index in [9.17, 15) is 20.1 Å². The largest absolute Gasteiger partial charge is 0.511 e. The van der Waals surface area contributed by atoms with E-state index in [1.165, 1.54) is 9.81 Å². The zero-order valence-electron chi connectivity index (χ0n) is 30.9. The van der Waals surface area contributed by atoms with Crippen molar-refractivity contribution in [3.8, 4) is 0 Å². The minimum Gasteiger partial charge on any atom is -0.511 e. The van der Waals surface area contributed by atoms with E-state index in [0.717, 1.165) is 17.6 Å². The van der Waals surface area contributed by atoms with E-state index in [4.69, 9.17) is 4.74 Å². The van der Waals surface area contributed by atoms with Crippen molar-refractivity contribution in [3.05, 3.63) is 44.9 Å². The molecule has 3 N–H and O–H groups in total. The van der Waals surface area contributed by atoms with Crippen molar-refractivity contribution in [1.29, 1.82) is 0 Å². The van der Waals surface area contributed by atoms with E-state index < -0.39 is 12.4 Å². The highest BCUT2D eigenvalue weighted by molar-refractivity contribution is 8.21. The number of rotatable bonds is 11. The molecule has 0 aromatic rings. The molecule has 0 aromatic heterocycles. The van der Waals surface area contributed by atoms with Crippen LogP contribution in [-0.4, -0.2) is 44.2 Å². The van der Waals surface area contributed by atoms with E-state index in [1.807, 2.05) is 23.5 Å². The molecule has 0 aromatic carbocycles. The molecule has 0 bridgehead atoms. The first-order valence-corrected chi connectivity index (χ1v) is 18.2. The van der Waals surface area contributed by atoms with E-state index in [0.29, 0.717) is 31.3 Å². The Hall–Kier alpha value is -0.990. The van der Waals surface area contributed by atoms with Crippen molar-refractivity contribution in [2.75, 3.05) is 0 Å². The lowest BCUT2D eigenvalue weighted by Gasteiger charge is -2.47. The summed E-state index contributed by atoms with van der Waals surface area (Å²) in [6.07, 6.45) is 7.03. The van der Waals surface area contributed by atoms with Gasteiger partial charge in [-0.2, -0.15) is 0 Å². The van der Waals surface area contributed by atoms with Crippen LogP contribution in [0.3, 0.4) is 0 Å². The van der Waals surface area contributed by atoms with E-state index >= 15 is 0 Å². The molecule has 0 aliphatic heterocycles. The molecule has 45 heavy (non-hydrogen) atoms. The third-order valence-corrected chi connectivity index (χ3v) is 11.9. The molecule has 5 atom stereocenters. The Morgan fingerprint density at radius 2 is 1.49 bits per heavy atom. The van der Waals surface area contributed by atoms with Gasteiger partial charge in [-0.3, -0.25) is 0 Å². The average Bonchev–Trinajstić information content (AvgIpc) is 2.83. The van der Waals surface area contributed by atoms with E-state index in [1.54, 1.807) is 0 Å². The molecule has 7 heteroatoms. The fourth-order valence-electron chi connectivity index (χ4n) is 6.00. The SMILES string of the molecule is CC(C)(SC1=CC(C(C)(C)C)C(OC(O)CCCC(O)C=O)C(C(C)(C)C)=C1)SC1=CC(C(C)(C)C)=C(O)C(C)(C(C)(C)C)C1. The zero-order valence-corrected chi connectivity index (χ0v) is 32.6. The Kier molecular flexibility index (Phi) is 12.7. The molecule has 5 unspecified atom stereocenters. The van der Waals surface area contributed by atoms with Crippen LogP contribution >= 0.6 is 23.5 Å². The van der Waals surface area contributed by atoms with Gasteiger partial charge in [-0.05, 0) is 89.4 Å². The third-order valence-electron chi connectivity index (χ3n) is 9.37. The number of carbonyl (C=O) groups is 1. The molecule has 0 fully saturated rings. The number of allylic oxidation sites excluding steroid dienone is 5. The first-order valence-electron chi connectivity index (χ1n) is 16.6. The van der Waals surface area contributed by atoms with Gasteiger partial charge in [0.25, 0.3) is 0 Å². The summed E-state index contributed by atoms with van der Waals surface area (Å²) in [5.74, 6) is 0.548. The Morgan fingerprint density at radius 3 is 1.96 bits per heavy atom. The minimum absolute atomic E-state index is 0.0284. The van der Waals surface area contributed by atoms with Crippen LogP contribution in [0.4, 0.5) is 0 Å². The van der Waals surface area contributed by atoms with Gasteiger partial charge in [0, 0.05) is 16.2 Å². The lowest BCUT2D eigenvalue weighted by molar-refractivity contribution is -0.151. The summed E-state index contributed by atoms with van der Waals surface area (Å²) in [6.45, 7) is 33.2. The number of hydrogen-bond acceptors (Lipinski definition) is 7. The van der Waals surface area contributed by atoms with Crippen molar-refractivity contribution in [3.63, 3.8) is 0 Å². The van der Waals surface area contributed by atoms with Gasteiger partial charge in [-0.1, -0.05) is 96.1 Å². The monoisotopic (exact) mass is 664 g/mol. The summed E-state index contributed by atoms with van der Waals surface area (Å²) in [6, 6.07) is 0. The van der Waals surface area contributed by atoms with Crippen LogP contribution < -0.4 is 0 Å². The molecule has 258 valence electrons. The second-order valence-corrected chi connectivity index (χ2v) is 21.6. The predicted molar refractivity (Wildman–Crippen MR) is 194 cm³/mol. The van der Waals surface area contributed by atoms with Crippen molar-refractivity contribution < 1.29 is 24.9 Å². The highest BCUT2D eigenvalue weighted by Crippen LogP contribution is 2.58. The smallest absolute Gasteiger partial charge is 0.155 e. The van der Waals surface area contributed by atoms with E-state index in [-0.39, 0.29) is 43.2 Å². The lowest BCUT2D eigenvalue weighted by Crippen LogP contribution is -2.42. The maximum Gasteiger partial charge on any atom is 0.155 e. The van der Waals surface area contributed by atoms with Gasteiger partial charge >= 0.3 is 0 Å². The van der Waals surface area contributed by atoms with Crippen molar-refractivity contribution >= 4 is 29.8 Å². The molecule has 0 spiro atoms. The first-order chi connectivity index (χ1) is 20.1. The standard InChI is InChI=1S/C38H64O5S2/c1-33(2,3)27-19-25(20-28(34(4,5)6)31(27)43-30(41)18-16-17-24(40)23-39)44-37(13,14)45-26-21-29(35(7,8)9)32(42)38(15,22-26)36(10,11)12/h19-21,23-24,27,30-31,40-42H,16-18,22H2,1-15H3. The van der Waals surface area contributed by atoms with Gasteiger partial charge in [0.2, 0.25) is 0 Å². The summed E-state index contributed by atoms with van der Waals surface area (Å²) in [5.41, 5.74) is 1.19. The van der Waals surface area contributed by atoms with Crippen LogP contribution in [0, 0.1) is 33.0 Å². The second kappa shape index (κ2) is 14.2. The maximum atomic E-state index is 11.6. The van der Waals surface area contributed by atoms with Crippen molar-refractivity contribution in [2.24, 2.45) is 33.0 Å². The quantitative estimate of drug-likeness (QED) is 0.150. The summed E-state index contributed by atoms with van der Waals surface area (Å²) in [4.78, 5) is 13.3. The van der Waals surface area contributed by atoms with Crippen LogP contribution in [0.15, 0.2) is 44.9 Å². The fraction of sp³-hybridized carbons (Fsp3) is 0.763. The zero-order chi connectivity index (χ0) is 35.0. The summed E-state index contributed by atoms with van der Waals surface area (Å²) < 4.78 is 6.22. The van der Waals surface area contributed by atoms with Crippen LogP contribution in [0.2, 0.25) is 0 Å². The van der Waals surface area contributed by atoms with E-state index in [2.05, 4.69) is 122 Å². The van der Waals surface area contributed by atoms with Crippen LogP contribution in [0.1, 0.15) is 130 Å². The number of thioether (sulfide) groups is 2. The molecule has 0 amide bonds. The van der Waals surface area contributed by atoms with Gasteiger partial charge in [-0.15, -0.1) is 23.5 Å². The van der Waals surface area contributed by atoms with Gasteiger partial charge in [0.05, 0.1) is 10.2 Å². The highest BCUT2D eigenvalue weighted by Gasteiger charge is 2.47. The molecule has 0 radical (unpaired) electrons. The normalized spacial score (nSPS) is 25.4. The van der Waals surface area contributed by atoms with Gasteiger partial charge in [-0.25, -0.2) is 0 Å². The van der Waals surface area contributed by atoms with Crippen molar-refractivity contribution in [1.82, 2.24) is 0 Å². The number of ether oxygens (including phenoxy) is 1. The summed E-state index contributed by atoms with van der Waals surface area (Å²) in [5, 5.41) is 32.1. The molecule has 0 heterocycles. The molecular formula is C38H64O5S2. The molecule has 2 aliphatic rings. The minimum atomic E-state index is -1.00. The third kappa shape index (κ3) is 10.5. The van der Waals surface area contributed by atoms with Crippen molar-refractivity contribution in [2.45, 2.75) is 152 Å². The van der Waals surface area contributed by atoms with Crippen LogP contribution in [0.5, 0.6) is 0 Å². The van der Waals surface area contributed by atoms with Crippen LogP contribution in [0.25, 0.3) is 0 Å².